The van der Waals surface area contributed by atoms with Gasteiger partial charge in [0.05, 0.1) is 12.1 Å². The van der Waals surface area contributed by atoms with Crippen LogP contribution < -0.4 is 10.2 Å². The highest BCUT2D eigenvalue weighted by Gasteiger charge is 2.13. The van der Waals surface area contributed by atoms with Crippen LogP contribution >= 0.6 is 0 Å². The molecule has 23 heavy (non-hydrogen) atoms. The van der Waals surface area contributed by atoms with Gasteiger partial charge in [-0.1, -0.05) is 11.2 Å². The summed E-state index contributed by atoms with van der Waals surface area (Å²) >= 11 is 0. The van der Waals surface area contributed by atoms with Gasteiger partial charge < -0.3 is 14.7 Å². The summed E-state index contributed by atoms with van der Waals surface area (Å²) in [7, 11) is 0. The smallest absolute Gasteiger partial charge is 0.224 e. The SMILES string of the molecule is CCN(CC)c1ccc(CNC(=O)Cc2c(C)noc2C)cn1. The highest BCUT2D eigenvalue weighted by atomic mass is 16.5. The molecule has 6 nitrogen and oxygen atoms in total. The van der Waals surface area contributed by atoms with E-state index < -0.39 is 0 Å². The van der Waals surface area contributed by atoms with Crippen molar-refractivity contribution in [2.45, 2.75) is 40.7 Å². The molecule has 0 aliphatic rings. The van der Waals surface area contributed by atoms with Gasteiger partial charge in [-0.25, -0.2) is 4.98 Å². The Hall–Kier alpha value is -2.37. The summed E-state index contributed by atoms with van der Waals surface area (Å²) in [6, 6.07) is 3.99. The van der Waals surface area contributed by atoms with E-state index in [1.54, 1.807) is 0 Å². The van der Waals surface area contributed by atoms with Crippen LogP contribution in [0.3, 0.4) is 0 Å². The van der Waals surface area contributed by atoms with Crippen molar-refractivity contribution in [3.63, 3.8) is 0 Å². The Labute approximate surface area is 136 Å². The zero-order valence-corrected chi connectivity index (χ0v) is 14.2. The van der Waals surface area contributed by atoms with Crippen LogP contribution in [-0.4, -0.2) is 29.1 Å². The maximum absolute atomic E-state index is 12.0. The molecule has 0 saturated carbocycles. The Morgan fingerprint density at radius 1 is 1.26 bits per heavy atom. The van der Waals surface area contributed by atoms with E-state index in [0.717, 1.165) is 35.7 Å². The highest BCUT2D eigenvalue weighted by Crippen LogP contribution is 2.13. The average Bonchev–Trinajstić information content (AvgIpc) is 2.87. The zero-order chi connectivity index (χ0) is 16.8. The second kappa shape index (κ2) is 7.76. The molecular formula is C17H24N4O2. The van der Waals surface area contributed by atoms with E-state index in [1.807, 2.05) is 32.2 Å². The number of hydrogen-bond acceptors (Lipinski definition) is 5. The monoisotopic (exact) mass is 316 g/mol. The first-order valence-corrected chi connectivity index (χ1v) is 7.93. The summed E-state index contributed by atoms with van der Waals surface area (Å²) < 4.78 is 5.07. The molecule has 0 radical (unpaired) electrons. The maximum Gasteiger partial charge on any atom is 0.224 e. The topological polar surface area (TPSA) is 71.3 Å². The van der Waals surface area contributed by atoms with Gasteiger partial charge >= 0.3 is 0 Å². The molecule has 0 fully saturated rings. The van der Waals surface area contributed by atoms with Crippen LogP contribution in [0.1, 0.15) is 36.4 Å². The Morgan fingerprint density at radius 2 is 2.00 bits per heavy atom. The van der Waals surface area contributed by atoms with E-state index in [-0.39, 0.29) is 12.3 Å². The lowest BCUT2D eigenvalue weighted by molar-refractivity contribution is -0.120. The molecule has 124 valence electrons. The fraction of sp³-hybridized carbons (Fsp3) is 0.471. The van der Waals surface area contributed by atoms with Crippen LogP contribution in [0, 0.1) is 13.8 Å². The van der Waals surface area contributed by atoms with E-state index in [2.05, 4.69) is 34.2 Å². The highest BCUT2D eigenvalue weighted by molar-refractivity contribution is 5.78. The molecule has 0 saturated heterocycles. The standard InChI is InChI=1S/C17H24N4O2/c1-5-21(6-2)16-8-7-14(10-18-16)11-19-17(22)9-15-12(3)20-23-13(15)4/h7-8,10H,5-6,9,11H2,1-4H3,(H,19,22). The lowest BCUT2D eigenvalue weighted by Gasteiger charge is -2.19. The lowest BCUT2D eigenvalue weighted by atomic mass is 10.1. The molecule has 0 spiro atoms. The number of carbonyl (C=O) groups is 1. The number of carbonyl (C=O) groups excluding carboxylic acids is 1. The first-order valence-electron chi connectivity index (χ1n) is 7.93. The molecule has 0 aliphatic heterocycles. The van der Waals surface area contributed by atoms with Gasteiger partial charge in [-0.3, -0.25) is 4.79 Å². The number of amides is 1. The largest absolute Gasteiger partial charge is 0.361 e. The van der Waals surface area contributed by atoms with E-state index in [0.29, 0.717) is 12.3 Å². The number of aromatic nitrogens is 2. The van der Waals surface area contributed by atoms with Gasteiger partial charge in [-0.15, -0.1) is 0 Å². The third-order valence-corrected chi connectivity index (χ3v) is 3.90. The Kier molecular flexibility index (Phi) is 5.73. The van der Waals surface area contributed by atoms with Crippen molar-refractivity contribution in [1.82, 2.24) is 15.5 Å². The number of nitrogens with zero attached hydrogens (tertiary/aromatic N) is 3. The summed E-state index contributed by atoms with van der Waals surface area (Å²) in [6.45, 7) is 10.2. The number of hydrogen-bond donors (Lipinski definition) is 1. The normalized spacial score (nSPS) is 10.6. The van der Waals surface area contributed by atoms with E-state index >= 15 is 0 Å². The van der Waals surface area contributed by atoms with Crippen molar-refractivity contribution in [2.24, 2.45) is 0 Å². The number of pyridine rings is 1. The van der Waals surface area contributed by atoms with Crippen molar-refractivity contribution in [3.05, 3.63) is 40.9 Å². The van der Waals surface area contributed by atoms with E-state index in [4.69, 9.17) is 4.52 Å². The second-order valence-corrected chi connectivity index (χ2v) is 5.45. The summed E-state index contributed by atoms with van der Waals surface area (Å²) in [5.74, 6) is 1.61. The maximum atomic E-state index is 12.0. The van der Waals surface area contributed by atoms with Gasteiger partial charge in [0.1, 0.15) is 11.6 Å². The van der Waals surface area contributed by atoms with Gasteiger partial charge in [0.15, 0.2) is 0 Å². The van der Waals surface area contributed by atoms with Crippen LogP contribution in [0.2, 0.25) is 0 Å². The van der Waals surface area contributed by atoms with Crippen LogP contribution in [0.15, 0.2) is 22.9 Å². The molecule has 0 aliphatic carbocycles. The molecule has 0 aromatic carbocycles. The summed E-state index contributed by atoms with van der Waals surface area (Å²) in [5, 5.41) is 6.77. The minimum absolute atomic E-state index is 0.0489. The molecule has 0 atom stereocenters. The predicted molar refractivity (Wildman–Crippen MR) is 89.3 cm³/mol. The Balaban J connectivity index is 1.89. The predicted octanol–water partition coefficient (Wildman–Crippen LogP) is 2.39. The Bertz CT molecular complexity index is 626. The molecule has 2 rings (SSSR count). The van der Waals surface area contributed by atoms with Crippen molar-refractivity contribution in [3.8, 4) is 0 Å². The first kappa shape index (κ1) is 17.0. The molecule has 6 heteroatoms. The molecule has 2 aromatic heterocycles. The molecule has 0 unspecified atom stereocenters. The minimum atomic E-state index is -0.0489. The summed E-state index contributed by atoms with van der Waals surface area (Å²) in [6.07, 6.45) is 2.09. The molecule has 0 bridgehead atoms. The van der Waals surface area contributed by atoms with Crippen molar-refractivity contribution >= 4 is 11.7 Å². The molecule has 2 heterocycles. The van der Waals surface area contributed by atoms with E-state index in [1.165, 1.54) is 0 Å². The van der Waals surface area contributed by atoms with Gasteiger partial charge in [0, 0.05) is 31.4 Å². The summed E-state index contributed by atoms with van der Waals surface area (Å²) in [4.78, 5) is 18.7. The Morgan fingerprint density at radius 3 is 2.52 bits per heavy atom. The van der Waals surface area contributed by atoms with Crippen LogP contribution in [0.25, 0.3) is 0 Å². The number of rotatable bonds is 7. The van der Waals surface area contributed by atoms with Crippen LogP contribution in [-0.2, 0) is 17.8 Å². The third kappa shape index (κ3) is 4.31. The average molecular weight is 316 g/mol. The van der Waals surface area contributed by atoms with Crippen molar-refractivity contribution in [2.75, 3.05) is 18.0 Å². The van der Waals surface area contributed by atoms with Gasteiger partial charge in [0.25, 0.3) is 0 Å². The molecule has 1 N–H and O–H groups in total. The zero-order valence-electron chi connectivity index (χ0n) is 14.2. The van der Waals surface area contributed by atoms with Gasteiger partial charge in [-0.2, -0.15) is 0 Å². The van der Waals surface area contributed by atoms with Gasteiger partial charge in [-0.05, 0) is 39.3 Å². The minimum Gasteiger partial charge on any atom is -0.361 e. The fourth-order valence-corrected chi connectivity index (χ4v) is 2.43. The number of anilines is 1. The lowest BCUT2D eigenvalue weighted by Crippen LogP contribution is -2.25. The first-order chi connectivity index (χ1) is 11.0. The molecule has 1 amide bonds. The quantitative estimate of drug-likeness (QED) is 0.849. The third-order valence-electron chi connectivity index (χ3n) is 3.90. The number of nitrogens with one attached hydrogen (secondary N) is 1. The molecular weight excluding hydrogens is 292 g/mol. The van der Waals surface area contributed by atoms with Crippen molar-refractivity contribution < 1.29 is 9.32 Å². The summed E-state index contributed by atoms with van der Waals surface area (Å²) in [5.41, 5.74) is 2.61. The van der Waals surface area contributed by atoms with Crippen molar-refractivity contribution in [1.29, 1.82) is 0 Å². The van der Waals surface area contributed by atoms with E-state index in [9.17, 15) is 4.79 Å². The van der Waals surface area contributed by atoms with Crippen LogP contribution in [0.4, 0.5) is 5.82 Å². The second-order valence-electron chi connectivity index (χ2n) is 5.45. The molecule has 2 aromatic rings. The van der Waals surface area contributed by atoms with Gasteiger partial charge in [0.2, 0.25) is 5.91 Å². The fourth-order valence-electron chi connectivity index (χ4n) is 2.43. The van der Waals surface area contributed by atoms with Crippen LogP contribution in [0.5, 0.6) is 0 Å². The number of aryl methyl sites for hydroxylation is 2.